The zero-order chi connectivity index (χ0) is 4.50. The minimum absolute atomic E-state index is 0. The van der Waals surface area contributed by atoms with E-state index >= 15 is 0 Å². The van der Waals surface area contributed by atoms with E-state index in [4.69, 9.17) is 17.5 Å². The van der Waals surface area contributed by atoms with Crippen molar-refractivity contribution in [2.45, 2.75) is 0 Å². The Bertz CT molecular complexity index is 102. The van der Waals surface area contributed by atoms with Crippen LogP contribution in [0.4, 0.5) is 0 Å². The van der Waals surface area contributed by atoms with Crippen molar-refractivity contribution < 1.29 is 17.5 Å². The Hall–Kier alpha value is 2.86. The van der Waals surface area contributed by atoms with E-state index in [1.165, 1.54) is 0 Å². The first-order chi connectivity index (χ1) is 2.00. The third kappa shape index (κ3) is 104. The third-order valence-corrected chi connectivity index (χ3v) is 0. The number of hydrogen-bond acceptors (Lipinski definition) is 2. The summed E-state index contributed by atoms with van der Waals surface area (Å²) in [7, 11) is -4.67. The number of halogens is 1. The molecule has 0 aromatic carbocycles. The topological polar surface area (TPSA) is 74.6 Å². The van der Waals surface area contributed by atoms with Crippen molar-refractivity contribution in [3.63, 3.8) is 0 Å². The molecule has 54 valence electrons. The second kappa shape index (κ2) is 13.5. The summed E-state index contributed by atoms with van der Waals surface area (Å²) in [6.07, 6.45) is 0. The van der Waals surface area contributed by atoms with Gasteiger partial charge in [-0.15, -0.1) is 12.4 Å². The average Bonchev–Trinajstić information content (AvgIpc) is 0.722. The van der Waals surface area contributed by atoms with E-state index in [2.05, 4.69) is 0 Å². The average molecular weight is 235 g/mol. The molecule has 0 heterocycles. The Morgan fingerprint density at radius 1 is 1.00 bits per heavy atom. The molecule has 0 fully saturated rings. The maximum absolute atomic E-state index is 8.74. The molecule has 0 unspecified atom stereocenters. The van der Waals surface area contributed by atoms with Gasteiger partial charge in [0.2, 0.25) is 0 Å². The summed E-state index contributed by atoms with van der Waals surface area (Å²) in [6.45, 7) is 0. The molecular formula is H10Al2ClKO4S. The molecule has 0 aliphatic carbocycles. The molecule has 0 aliphatic heterocycles. The Morgan fingerprint density at radius 3 is 1.00 bits per heavy atom. The fourth-order valence-corrected chi connectivity index (χ4v) is 0. The van der Waals surface area contributed by atoms with E-state index in [-0.39, 0.29) is 98.5 Å². The van der Waals surface area contributed by atoms with E-state index in [1.807, 2.05) is 0 Å². The van der Waals surface area contributed by atoms with Crippen LogP contribution in [-0.2, 0) is 10.4 Å². The molecule has 9 heteroatoms. The molecule has 9 heavy (non-hydrogen) atoms. The van der Waals surface area contributed by atoms with Crippen LogP contribution < -0.4 is 0 Å². The predicted octanol–water partition coefficient (Wildman–Crippen LogP) is -3.25. The normalized spacial score (nSPS) is 6.44. The van der Waals surface area contributed by atoms with Gasteiger partial charge < -0.3 is 0 Å². The molecule has 0 spiro atoms. The van der Waals surface area contributed by atoms with E-state index < -0.39 is 10.4 Å². The molecule has 0 radical (unpaired) electrons. The van der Waals surface area contributed by atoms with Gasteiger partial charge in [-0.1, -0.05) is 0 Å². The summed E-state index contributed by atoms with van der Waals surface area (Å²) < 4.78 is 31.6. The molecular weight excluding hydrogens is 225 g/mol. The number of hydrogen-bond donors (Lipinski definition) is 2. The first kappa shape index (κ1) is 29.7. The van der Waals surface area contributed by atoms with Crippen LogP contribution in [0.1, 0.15) is 0 Å². The first-order valence-corrected chi connectivity index (χ1v) is 2.10. The van der Waals surface area contributed by atoms with E-state index in [0.29, 0.717) is 0 Å². The van der Waals surface area contributed by atoms with Crippen LogP contribution in [0.3, 0.4) is 0 Å². The predicted molar refractivity (Wildman–Crippen MR) is 48.5 cm³/mol. The molecule has 0 amide bonds. The van der Waals surface area contributed by atoms with E-state index in [9.17, 15) is 0 Å². The van der Waals surface area contributed by atoms with Crippen molar-refractivity contribution in [2.24, 2.45) is 0 Å². The number of rotatable bonds is 0. The second-order valence-electron chi connectivity index (χ2n) is 0.448. The van der Waals surface area contributed by atoms with Crippen molar-refractivity contribution in [3.8, 4) is 0 Å². The maximum atomic E-state index is 8.74. The van der Waals surface area contributed by atoms with E-state index in [1.54, 1.807) is 0 Å². The van der Waals surface area contributed by atoms with Crippen molar-refractivity contribution in [1.29, 1.82) is 0 Å². The van der Waals surface area contributed by atoms with Gasteiger partial charge in [0.15, 0.2) is 34.7 Å². The quantitative estimate of drug-likeness (QED) is 0.341. The summed E-state index contributed by atoms with van der Waals surface area (Å²) >= 11 is 0. The summed E-state index contributed by atoms with van der Waals surface area (Å²) in [5, 5.41) is 0. The minimum atomic E-state index is -4.67. The monoisotopic (exact) mass is 234 g/mol. The fourth-order valence-electron chi connectivity index (χ4n) is 0. The molecule has 0 bridgehead atoms. The van der Waals surface area contributed by atoms with Crippen LogP contribution in [0.2, 0.25) is 0 Å². The zero-order valence-electron chi connectivity index (χ0n) is 2.53. The summed E-state index contributed by atoms with van der Waals surface area (Å²) in [6, 6.07) is 0. The second-order valence-corrected chi connectivity index (χ2v) is 1.34. The van der Waals surface area contributed by atoms with Crippen LogP contribution in [0.5, 0.6) is 0 Å². The van der Waals surface area contributed by atoms with Crippen molar-refractivity contribution in [3.05, 3.63) is 0 Å². The SMILES string of the molecule is Cl.O=S(=O)(O)O.[AlH3].[AlH3].[KH]. The van der Waals surface area contributed by atoms with Crippen molar-refractivity contribution >= 4 is 109 Å². The van der Waals surface area contributed by atoms with Crippen molar-refractivity contribution in [1.82, 2.24) is 0 Å². The molecule has 0 aromatic rings. The van der Waals surface area contributed by atoms with Gasteiger partial charge in [0.1, 0.15) is 0 Å². The van der Waals surface area contributed by atoms with Gasteiger partial charge in [0.05, 0.1) is 0 Å². The van der Waals surface area contributed by atoms with Gasteiger partial charge in [0.25, 0.3) is 0 Å². The molecule has 2 N–H and O–H groups in total. The zero-order valence-corrected chi connectivity index (χ0v) is 4.16. The van der Waals surface area contributed by atoms with Gasteiger partial charge in [-0.25, -0.2) is 0 Å². The molecule has 0 rings (SSSR count). The van der Waals surface area contributed by atoms with Gasteiger partial charge in [-0.2, -0.15) is 8.42 Å². The summed E-state index contributed by atoms with van der Waals surface area (Å²) in [4.78, 5) is 0. The van der Waals surface area contributed by atoms with Crippen molar-refractivity contribution in [2.75, 3.05) is 0 Å². The van der Waals surface area contributed by atoms with Gasteiger partial charge in [0, 0.05) is 0 Å². The van der Waals surface area contributed by atoms with Crippen LogP contribution in [0.25, 0.3) is 0 Å². The standard InChI is InChI=1S/2Al.ClH.K.H2O4S.7H/c;;;;1-5(2,3)4;;;;;;;/h;;1H;;(H2,1,2,3,4);;;;;;;. The van der Waals surface area contributed by atoms with E-state index in [0.717, 1.165) is 0 Å². The molecule has 0 atom stereocenters. The molecule has 4 nitrogen and oxygen atoms in total. The fraction of sp³-hybridized carbons (Fsp3) is 0. The van der Waals surface area contributed by atoms with Gasteiger partial charge >= 0.3 is 61.8 Å². The Labute approximate surface area is 124 Å². The van der Waals surface area contributed by atoms with Crippen LogP contribution in [0, 0.1) is 0 Å². The van der Waals surface area contributed by atoms with Crippen LogP contribution >= 0.6 is 12.4 Å². The summed E-state index contributed by atoms with van der Waals surface area (Å²) in [5.41, 5.74) is 0. The first-order valence-electron chi connectivity index (χ1n) is 0.698. The van der Waals surface area contributed by atoms with Crippen LogP contribution in [0.15, 0.2) is 0 Å². The van der Waals surface area contributed by atoms with Crippen LogP contribution in [-0.4, -0.2) is 104 Å². The molecule has 0 aliphatic rings. The Kier molecular flexibility index (Phi) is 44.4. The third-order valence-electron chi connectivity index (χ3n) is 0. The van der Waals surface area contributed by atoms with Gasteiger partial charge in [-0.3, -0.25) is 9.11 Å². The molecule has 0 saturated carbocycles. The summed E-state index contributed by atoms with van der Waals surface area (Å²) in [5.74, 6) is 0. The Balaban J connectivity index is -0.0000000133. The molecule has 0 aromatic heterocycles. The van der Waals surface area contributed by atoms with Gasteiger partial charge in [-0.05, 0) is 0 Å². The Morgan fingerprint density at radius 2 is 1.00 bits per heavy atom. The molecule has 0 saturated heterocycles.